The Balaban J connectivity index is 0. The van der Waals surface area contributed by atoms with Gasteiger partial charge in [-0.15, -0.1) is 0 Å². The molecule has 0 rings (SSSR count). The Bertz CT molecular complexity index is 119. The van der Waals surface area contributed by atoms with E-state index in [0.29, 0.717) is 12.5 Å². The predicted octanol–water partition coefficient (Wildman–Crippen LogP) is -0.0995. The predicted molar refractivity (Wildman–Crippen MR) is 44.2 cm³/mol. The third-order valence-electron chi connectivity index (χ3n) is 1.43. The van der Waals surface area contributed by atoms with Crippen LogP contribution in [-0.2, 0) is 4.74 Å². The van der Waals surface area contributed by atoms with Crippen molar-refractivity contribution in [1.29, 1.82) is 0 Å². The Kier molecular flexibility index (Phi) is 11.3. The second kappa shape index (κ2) is 8.74. The van der Waals surface area contributed by atoms with Gasteiger partial charge in [-0.3, -0.25) is 0 Å². The summed E-state index contributed by atoms with van der Waals surface area (Å²) >= 11 is 0. The van der Waals surface area contributed by atoms with E-state index in [4.69, 9.17) is 4.74 Å². The molecule has 0 aromatic rings. The number of ether oxygens (including phenoxy) is 1. The molecule has 0 aromatic carbocycles. The summed E-state index contributed by atoms with van der Waals surface area (Å²) in [6, 6.07) is 0. The van der Waals surface area contributed by atoms with Crippen molar-refractivity contribution in [3.8, 4) is 0 Å². The molecule has 0 aliphatic heterocycles. The van der Waals surface area contributed by atoms with Gasteiger partial charge in [-0.25, -0.2) is 0 Å². The third-order valence-corrected chi connectivity index (χ3v) is 1.43. The van der Waals surface area contributed by atoms with Crippen molar-refractivity contribution in [3.05, 3.63) is 0 Å². The van der Waals surface area contributed by atoms with Crippen LogP contribution in [0.25, 0.3) is 0 Å². The molecule has 0 spiro atoms. The average molecular weight is 222 g/mol. The van der Waals surface area contributed by atoms with Crippen molar-refractivity contribution in [2.45, 2.75) is 26.6 Å². The second-order valence-electron chi connectivity index (χ2n) is 3.29. The van der Waals surface area contributed by atoms with Crippen molar-refractivity contribution in [3.63, 3.8) is 0 Å². The van der Waals surface area contributed by atoms with Gasteiger partial charge in [0.15, 0.2) is 0 Å². The fraction of sp³-hybridized carbons (Fsp3) is 1.00. The summed E-state index contributed by atoms with van der Waals surface area (Å²) in [6.45, 7) is -0.387. The molecule has 0 amide bonds. The third kappa shape index (κ3) is 16.1. The molecule has 0 unspecified atom stereocenters. The van der Waals surface area contributed by atoms with Crippen LogP contribution in [0.2, 0.25) is 6.32 Å². The number of hydrogen-bond acceptors (Lipinski definition) is 1. The Hall–Kier alpha value is 1.45. The molecule has 6 heteroatoms. The number of rotatable bonds is 6. The van der Waals surface area contributed by atoms with Gasteiger partial charge in [0.2, 0.25) is 0 Å². The molecule has 0 radical (unpaired) electrons. The zero-order valence-electron chi connectivity index (χ0n) is 8.53. The fourth-order valence-corrected chi connectivity index (χ4v) is 0.638. The Morgan fingerprint density at radius 1 is 1.15 bits per heavy atom. The second-order valence-corrected chi connectivity index (χ2v) is 3.29. The van der Waals surface area contributed by atoms with Crippen molar-refractivity contribution in [2.75, 3.05) is 13.2 Å². The molecular weight excluding hydrogens is 207 g/mol. The minimum Gasteiger partial charge on any atom is -0.449 e. The van der Waals surface area contributed by atoms with E-state index in [9.17, 15) is 12.9 Å². The zero-order chi connectivity index (χ0) is 9.61. The molecule has 0 saturated heterocycles. The Morgan fingerprint density at radius 3 is 2.08 bits per heavy atom. The van der Waals surface area contributed by atoms with E-state index >= 15 is 0 Å². The van der Waals surface area contributed by atoms with Crippen LogP contribution in [0, 0.1) is 5.92 Å². The summed E-state index contributed by atoms with van der Waals surface area (Å²) in [5, 5.41) is 0. The Morgan fingerprint density at radius 2 is 1.69 bits per heavy atom. The van der Waals surface area contributed by atoms with Gasteiger partial charge in [-0.1, -0.05) is 20.2 Å². The van der Waals surface area contributed by atoms with E-state index in [2.05, 4.69) is 0 Å². The smallest absolute Gasteiger partial charge is 0.449 e. The topological polar surface area (TPSA) is 9.23 Å². The van der Waals surface area contributed by atoms with Crippen LogP contribution < -0.4 is 51.4 Å². The summed E-state index contributed by atoms with van der Waals surface area (Å²) in [5.41, 5.74) is 0. The molecule has 0 aliphatic rings. The molecule has 0 aromatic heterocycles. The van der Waals surface area contributed by atoms with Crippen LogP contribution in [0.1, 0.15) is 20.3 Å². The minimum atomic E-state index is -4.66. The van der Waals surface area contributed by atoms with Crippen molar-refractivity contribution in [2.24, 2.45) is 5.92 Å². The van der Waals surface area contributed by atoms with Crippen LogP contribution in [0.5, 0.6) is 0 Å². The normalized spacial score (nSPS) is 11.5. The van der Waals surface area contributed by atoms with E-state index < -0.39 is 13.3 Å². The van der Waals surface area contributed by atoms with Gasteiger partial charge >= 0.3 is 58.4 Å². The van der Waals surface area contributed by atoms with E-state index in [1.807, 2.05) is 13.8 Å². The van der Waals surface area contributed by atoms with Gasteiger partial charge in [-0.05, 0) is 12.3 Å². The van der Waals surface area contributed by atoms with Crippen molar-refractivity contribution in [1.82, 2.24) is 0 Å². The van der Waals surface area contributed by atoms with Crippen LogP contribution in [-0.4, -0.2) is 20.2 Å². The molecule has 0 atom stereocenters. The average Bonchev–Trinajstić information content (AvgIpc) is 1.83. The molecule has 74 valence electrons. The standard InChI is InChI=1S/C7H15BF3O.K/c1-7(2)3-5-12-6-4-8(9,10)11;/h7H,3-6H2,1-2H3;/q-1;+1. The molecule has 1 nitrogen and oxygen atoms in total. The first kappa shape index (κ1) is 16.9. The largest absolute Gasteiger partial charge is 1.00 e. The maximum atomic E-state index is 11.6. The van der Waals surface area contributed by atoms with E-state index in [1.54, 1.807) is 0 Å². The molecule has 0 aliphatic carbocycles. The van der Waals surface area contributed by atoms with E-state index in [0.717, 1.165) is 6.42 Å². The van der Waals surface area contributed by atoms with Crippen molar-refractivity contribution < 1.29 is 69.1 Å². The maximum absolute atomic E-state index is 11.6. The quantitative estimate of drug-likeness (QED) is 0.450. The van der Waals surface area contributed by atoms with Gasteiger partial charge in [0.25, 0.3) is 0 Å². The minimum absolute atomic E-state index is 0. The summed E-state index contributed by atoms with van der Waals surface area (Å²) < 4.78 is 39.7. The van der Waals surface area contributed by atoms with Crippen LogP contribution in [0.3, 0.4) is 0 Å². The summed E-state index contributed by atoms with van der Waals surface area (Å²) in [6.07, 6.45) is 0.0446. The molecule has 13 heavy (non-hydrogen) atoms. The number of halogens is 3. The summed E-state index contributed by atoms with van der Waals surface area (Å²) in [7, 11) is 0. The molecule has 0 fully saturated rings. The van der Waals surface area contributed by atoms with Crippen molar-refractivity contribution >= 4 is 6.98 Å². The molecule has 0 N–H and O–H groups in total. The van der Waals surface area contributed by atoms with Gasteiger partial charge in [0.1, 0.15) is 0 Å². The van der Waals surface area contributed by atoms with Crippen LogP contribution >= 0.6 is 0 Å². The molecule has 0 heterocycles. The molecule has 0 saturated carbocycles. The zero-order valence-corrected chi connectivity index (χ0v) is 11.6. The molecular formula is C7H15BF3KO. The summed E-state index contributed by atoms with van der Waals surface area (Å²) in [4.78, 5) is 0. The number of hydrogen-bond donors (Lipinski definition) is 0. The van der Waals surface area contributed by atoms with Gasteiger partial charge in [0.05, 0.1) is 0 Å². The van der Waals surface area contributed by atoms with E-state index in [1.165, 1.54) is 0 Å². The van der Waals surface area contributed by atoms with Gasteiger partial charge in [0, 0.05) is 13.2 Å². The van der Waals surface area contributed by atoms with Gasteiger partial charge < -0.3 is 17.7 Å². The molecule has 0 bridgehead atoms. The first-order valence-electron chi connectivity index (χ1n) is 4.20. The fourth-order valence-electron chi connectivity index (χ4n) is 0.638. The first-order chi connectivity index (χ1) is 5.42. The Labute approximate surface area is 120 Å². The summed E-state index contributed by atoms with van der Waals surface area (Å²) in [5.74, 6) is 0.487. The first-order valence-corrected chi connectivity index (χ1v) is 4.20. The monoisotopic (exact) mass is 222 g/mol. The van der Waals surface area contributed by atoms with Crippen LogP contribution in [0.4, 0.5) is 12.9 Å². The maximum Gasteiger partial charge on any atom is 1.00 e. The SMILES string of the molecule is CC(C)CCOCC[B-](F)(F)F.[K+]. The van der Waals surface area contributed by atoms with Crippen LogP contribution in [0.15, 0.2) is 0 Å². The van der Waals surface area contributed by atoms with Gasteiger partial charge in [-0.2, -0.15) is 0 Å². The van der Waals surface area contributed by atoms with E-state index in [-0.39, 0.29) is 58.0 Å².